The van der Waals surface area contributed by atoms with Gasteiger partial charge in [-0.3, -0.25) is 4.79 Å². The van der Waals surface area contributed by atoms with Crippen molar-refractivity contribution in [3.63, 3.8) is 0 Å². The molecule has 10 nitrogen and oxygen atoms in total. The zero-order valence-corrected chi connectivity index (χ0v) is 20.3. The van der Waals surface area contributed by atoms with Gasteiger partial charge in [0.1, 0.15) is 17.8 Å². The number of hydrogen-bond donors (Lipinski definition) is 2. The average Bonchev–Trinajstić information content (AvgIpc) is 3.38. The molecule has 4 heterocycles. The van der Waals surface area contributed by atoms with Crippen LogP contribution < -0.4 is 10.2 Å². The maximum Gasteiger partial charge on any atom is 0.271 e. The zero-order chi connectivity index (χ0) is 24.4. The van der Waals surface area contributed by atoms with E-state index >= 15 is 0 Å². The SMILES string of the molecule is C=C(C(=O)Nc1ccc(S(=O)(=O)N2CCCCC2)cc1)N1CCN(c2ncnc3[nH]ccc23)CC1. The van der Waals surface area contributed by atoms with Crippen LogP contribution in [0.15, 0.2) is 60.0 Å². The van der Waals surface area contributed by atoms with Gasteiger partial charge in [-0.1, -0.05) is 13.0 Å². The van der Waals surface area contributed by atoms with Gasteiger partial charge in [-0.2, -0.15) is 4.31 Å². The Bertz CT molecular complexity index is 1320. The van der Waals surface area contributed by atoms with Gasteiger partial charge in [-0.25, -0.2) is 18.4 Å². The monoisotopic (exact) mass is 495 g/mol. The summed E-state index contributed by atoms with van der Waals surface area (Å²) in [4.78, 5) is 29.0. The van der Waals surface area contributed by atoms with E-state index in [1.165, 1.54) is 4.31 Å². The van der Waals surface area contributed by atoms with Crippen LogP contribution in [-0.4, -0.2) is 77.8 Å². The quantitative estimate of drug-likeness (QED) is 0.505. The fourth-order valence-electron chi connectivity index (χ4n) is 4.61. The largest absolute Gasteiger partial charge is 0.364 e. The number of aromatic amines is 1. The molecule has 2 aliphatic heterocycles. The number of carbonyl (C=O) groups is 1. The number of aromatic nitrogens is 3. The first-order chi connectivity index (χ1) is 16.9. The van der Waals surface area contributed by atoms with Crippen molar-refractivity contribution in [1.82, 2.24) is 24.2 Å². The number of carbonyl (C=O) groups excluding carboxylic acids is 1. The van der Waals surface area contributed by atoms with E-state index in [0.29, 0.717) is 50.7 Å². The summed E-state index contributed by atoms with van der Waals surface area (Å²) in [7, 11) is -3.50. The molecule has 2 N–H and O–H groups in total. The number of nitrogens with one attached hydrogen (secondary N) is 2. The molecule has 0 atom stereocenters. The molecule has 2 aromatic heterocycles. The number of amides is 1. The highest BCUT2D eigenvalue weighted by atomic mass is 32.2. The molecule has 184 valence electrons. The maximum atomic E-state index is 12.8. The van der Waals surface area contributed by atoms with Crippen LogP contribution in [0.1, 0.15) is 19.3 Å². The third kappa shape index (κ3) is 4.73. The van der Waals surface area contributed by atoms with Gasteiger partial charge in [-0.15, -0.1) is 0 Å². The number of anilines is 2. The smallest absolute Gasteiger partial charge is 0.271 e. The highest BCUT2D eigenvalue weighted by Crippen LogP contribution is 2.25. The Labute approximate surface area is 204 Å². The Hall–Kier alpha value is -3.44. The summed E-state index contributed by atoms with van der Waals surface area (Å²) in [6.07, 6.45) is 6.24. The Morgan fingerprint density at radius 3 is 2.37 bits per heavy atom. The third-order valence-corrected chi connectivity index (χ3v) is 8.53. The number of nitrogens with zero attached hydrogens (tertiary/aromatic N) is 5. The van der Waals surface area contributed by atoms with Crippen LogP contribution in [0.5, 0.6) is 0 Å². The lowest BCUT2D eigenvalue weighted by Gasteiger charge is -2.37. The summed E-state index contributed by atoms with van der Waals surface area (Å²) in [5.41, 5.74) is 1.71. The van der Waals surface area contributed by atoms with Crippen LogP contribution in [0.3, 0.4) is 0 Å². The van der Waals surface area contributed by atoms with Crippen LogP contribution >= 0.6 is 0 Å². The van der Waals surface area contributed by atoms with Gasteiger partial charge in [0.25, 0.3) is 5.91 Å². The second-order valence-electron chi connectivity index (χ2n) is 8.80. The minimum absolute atomic E-state index is 0.244. The molecule has 1 amide bonds. The van der Waals surface area contributed by atoms with Crippen molar-refractivity contribution in [3.05, 3.63) is 55.1 Å². The number of benzene rings is 1. The molecule has 3 aromatic rings. The minimum atomic E-state index is -3.50. The van der Waals surface area contributed by atoms with Gasteiger partial charge in [0.15, 0.2) is 0 Å². The number of H-pyrrole nitrogens is 1. The molecule has 1 aromatic carbocycles. The molecule has 0 unspecified atom stereocenters. The van der Waals surface area contributed by atoms with Crippen LogP contribution in [0.25, 0.3) is 11.0 Å². The van der Waals surface area contributed by atoms with Gasteiger partial charge >= 0.3 is 0 Å². The number of rotatable bonds is 6. The predicted molar refractivity (Wildman–Crippen MR) is 134 cm³/mol. The molecular formula is C24H29N7O3S. The van der Waals surface area contributed by atoms with Crippen molar-refractivity contribution in [1.29, 1.82) is 0 Å². The van der Waals surface area contributed by atoms with Crippen molar-refractivity contribution in [3.8, 4) is 0 Å². The van der Waals surface area contributed by atoms with Gasteiger partial charge in [0.05, 0.1) is 16.0 Å². The van der Waals surface area contributed by atoms with Crippen molar-refractivity contribution in [2.75, 3.05) is 49.5 Å². The molecule has 11 heteroatoms. The van der Waals surface area contributed by atoms with E-state index in [1.54, 1.807) is 30.6 Å². The number of sulfonamides is 1. The van der Waals surface area contributed by atoms with E-state index in [1.807, 2.05) is 17.2 Å². The highest BCUT2D eigenvalue weighted by Gasteiger charge is 2.26. The van der Waals surface area contributed by atoms with Crippen molar-refractivity contribution in [2.24, 2.45) is 0 Å². The lowest BCUT2D eigenvalue weighted by atomic mass is 10.2. The van der Waals surface area contributed by atoms with Crippen molar-refractivity contribution >= 4 is 38.5 Å². The van der Waals surface area contributed by atoms with Crippen molar-refractivity contribution < 1.29 is 13.2 Å². The van der Waals surface area contributed by atoms with Crippen LogP contribution in [-0.2, 0) is 14.8 Å². The molecule has 0 saturated carbocycles. The minimum Gasteiger partial charge on any atom is -0.364 e. The van der Waals surface area contributed by atoms with E-state index in [2.05, 4.69) is 31.7 Å². The third-order valence-electron chi connectivity index (χ3n) is 6.62. The fraction of sp³-hybridized carbons (Fsp3) is 0.375. The molecule has 0 aliphatic carbocycles. The van der Waals surface area contributed by atoms with Gasteiger partial charge in [-0.05, 0) is 43.2 Å². The summed E-state index contributed by atoms with van der Waals surface area (Å²) < 4.78 is 27.2. The van der Waals surface area contributed by atoms with E-state index in [0.717, 1.165) is 36.1 Å². The Morgan fingerprint density at radius 2 is 1.66 bits per heavy atom. The Balaban J connectivity index is 1.18. The molecule has 2 saturated heterocycles. The molecule has 5 rings (SSSR count). The normalized spacial score (nSPS) is 17.5. The first-order valence-electron chi connectivity index (χ1n) is 11.8. The average molecular weight is 496 g/mol. The van der Waals surface area contributed by atoms with E-state index in [-0.39, 0.29) is 10.8 Å². The van der Waals surface area contributed by atoms with E-state index in [9.17, 15) is 13.2 Å². The maximum absolute atomic E-state index is 12.8. The zero-order valence-electron chi connectivity index (χ0n) is 19.5. The number of piperidine rings is 1. The Kier molecular flexibility index (Phi) is 6.44. The number of piperazine rings is 1. The standard InChI is InChI=1S/C24H29N7O3S/c1-18(29-13-15-30(16-14-29)23-21-9-10-25-22(21)26-17-27-23)24(32)28-19-5-7-20(8-6-19)35(33,34)31-11-3-2-4-12-31/h5-10,17H,1-4,11-16H2,(H,28,32)(H,25,26,27). The van der Waals surface area contributed by atoms with E-state index in [4.69, 9.17) is 0 Å². The van der Waals surface area contributed by atoms with Crippen LogP contribution in [0, 0.1) is 0 Å². The molecule has 0 radical (unpaired) electrons. The van der Waals surface area contributed by atoms with Gasteiger partial charge < -0.3 is 20.1 Å². The first-order valence-corrected chi connectivity index (χ1v) is 13.3. The lowest BCUT2D eigenvalue weighted by molar-refractivity contribution is -0.114. The van der Waals surface area contributed by atoms with Crippen molar-refractivity contribution in [2.45, 2.75) is 24.2 Å². The second-order valence-corrected chi connectivity index (χ2v) is 10.7. The first kappa shape index (κ1) is 23.3. The topological polar surface area (TPSA) is 115 Å². The lowest BCUT2D eigenvalue weighted by Crippen LogP contribution is -2.47. The molecule has 2 fully saturated rings. The fourth-order valence-corrected chi connectivity index (χ4v) is 6.13. The number of fused-ring (bicyclic) bond motifs is 1. The molecule has 0 bridgehead atoms. The second kappa shape index (κ2) is 9.67. The van der Waals surface area contributed by atoms with Gasteiger partial charge in [0, 0.05) is 51.2 Å². The highest BCUT2D eigenvalue weighted by molar-refractivity contribution is 7.89. The molecular weight excluding hydrogens is 466 g/mol. The summed E-state index contributed by atoms with van der Waals surface area (Å²) in [6.45, 7) is 7.78. The molecule has 0 spiro atoms. The molecule has 2 aliphatic rings. The Morgan fingerprint density at radius 1 is 0.943 bits per heavy atom. The summed E-state index contributed by atoms with van der Waals surface area (Å²) >= 11 is 0. The summed E-state index contributed by atoms with van der Waals surface area (Å²) in [6, 6.07) is 8.30. The summed E-state index contributed by atoms with van der Waals surface area (Å²) in [5, 5.41) is 3.81. The number of hydrogen-bond acceptors (Lipinski definition) is 7. The van der Waals surface area contributed by atoms with Crippen LogP contribution in [0.2, 0.25) is 0 Å². The summed E-state index contributed by atoms with van der Waals surface area (Å²) in [5.74, 6) is 0.575. The predicted octanol–water partition coefficient (Wildman–Crippen LogP) is 2.41. The van der Waals surface area contributed by atoms with Crippen LogP contribution in [0.4, 0.5) is 11.5 Å². The van der Waals surface area contributed by atoms with Gasteiger partial charge in [0.2, 0.25) is 10.0 Å². The van der Waals surface area contributed by atoms with E-state index < -0.39 is 10.0 Å². The molecule has 35 heavy (non-hydrogen) atoms.